The molecule has 0 bridgehead atoms. The summed E-state index contributed by atoms with van der Waals surface area (Å²) < 4.78 is 5.43. The molecular weight excluding hydrogens is 297 g/mol. The van der Waals surface area contributed by atoms with Gasteiger partial charge in [0.25, 0.3) is 0 Å². The van der Waals surface area contributed by atoms with Gasteiger partial charge in [0, 0.05) is 5.38 Å². The number of hydrogen-bond acceptors (Lipinski definition) is 4. The number of aromatic nitrogens is 1. The van der Waals surface area contributed by atoms with E-state index in [-0.39, 0.29) is 11.6 Å². The van der Waals surface area contributed by atoms with Gasteiger partial charge < -0.3 is 9.84 Å². The molecule has 0 aliphatic carbocycles. The van der Waals surface area contributed by atoms with Crippen LogP contribution in [0.1, 0.15) is 15.5 Å². The van der Waals surface area contributed by atoms with E-state index >= 15 is 0 Å². The van der Waals surface area contributed by atoms with Gasteiger partial charge in [-0.25, -0.2) is 9.78 Å². The van der Waals surface area contributed by atoms with Crippen LogP contribution in [0.25, 0.3) is 0 Å². The van der Waals surface area contributed by atoms with Crippen LogP contribution in [-0.2, 0) is 6.61 Å². The molecule has 0 saturated heterocycles. The van der Waals surface area contributed by atoms with E-state index in [9.17, 15) is 4.79 Å². The van der Waals surface area contributed by atoms with E-state index in [1.54, 1.807) is 23.6 Å². The number of carboxylic acids is 1. The lowest BCUT2D eigenvalue weighted by Crippen LogP contribution is -1.99. The third kappa shape index (κ3) is 2.93. The van der Waals surface area contributed by atoms with E-state index in [1.807, 2.05) is 0 Å². The lowest BCUT2D eigenvalue weighted by atomic mass is 10.3. The van der Waals surface area contributed by atoms with Gasteiger partial charge in [0.1, 0.15) is 6.61 Å². The number of para-hydroxylation sites is 1. The van der Waals surface area contributed by atoms with Crippen molar-refractivity contribution < 1.29 is 14.6 Å². The number of carboxylic acid groups (broad SMARTS) is 1. The Morgan fingerprint density at radius 1 is 1.39 bits per heavy atom. The zero-order valence-electron chi connectivity index (χ0n) is 8.89. The number of thiazole rings is 1. The highest BCUT2D eigenvalue weighted by Crippen LogP contribution is 2.32. The number of carbonyl (C=O) groups is 1. The van der Waals surface area contributed by atoms with Gasteiger partial charge in [-0.3, -0.25) is 0 Å². The fourth-order valence-electron chi connectivity index (χ4n) is 1.24. The Morgan fingerprint density at radius 3 is 2.61 bits per heavy atom. The molecule has 0 aliphatic rings. The van der Waals surface area contributed by atoms with E-state index in [0.717, 1.165) is 11.3 Å². The summed E-state index contributed by atoms with van der Waals surface area (Å²) >= 11 is 12.9. The van der Waals surface area contributed by atoms with Crippen molar-refractivity contribution in [2.75, 3.05) is 0 Å². The van der Waals surface area contributed by atoms with Gasteiger partial charge in [0.2, 0.25) is 5.01 Å². The summed E-state index contributed by atoms with van der Waals surface area (Å²) in [5.41, 5.74) is 0.522. The average molecular weight is 304 g/mol. The smallest absolute Gasteiger partial charge is 0.365 e. The zero-order valence-corrected chi connectivity index (χ0v) is 11.2. The largest absolute Gasteiger partial charge is 0.484 e. The molecule has 0 spiro atoms. The molecule has 0 aliphatic heterocycles. The molecular formula is C11H7Cl2NO3S. The van der Waals surface area contributed by atoms with Crippen LogP contribution in [0.3, 0.4) is 0 Å². The number of benzene rings is 1. The first-order valence-electron chi connectivity index (χ1n) is 4.82. The van der Waals surface area contributed by atoms with Crippen LogP contribution in [0.5, 0.6) is 5.75 Å². The number of ether oxygens (including phenoxy) is 1. The van der Waals surface area contributed by atoms with Gasteiger partial charge in [-0.1, -0.05) is 29.3 Å². The standard InChI is InChI=1S/C11H7Cl2NO3S/c12-7-2-1-3-8(13)9(7)17-4-6-5-18-10(14-6)11(15)16/h1-3,5H,4H2,(H,15,16). The topological polar surface area (TPSA) is 59.4 Å². The number of aromatic carboxylic acids is 1. The highest BCUT2D eigenvalue weighted by molar-refractivity contribution is 7.11. The van der Waals surface area contributed by atoms with Gasteiger partial charge in [0.15, 0.2) is 5.75 Å². The van der Waals surface area contributed by atoms with Crippen molar-refractivity contribution in [2.24, 2.45) is 0 Å². The van der Waals surface area contributed by atoms with Crippen molar-refractivity contribution in [3.05, 3.63) is 44.3 Å². The third-order valence-electron chi connectivity index (χ3n) is 2.02. The maximum atomic E-state index is 10.7. The van der Waals surface area contributed by atoms with E-state index in [0.29, 0.717) is 21.5 Å². The molecule has 1 heterocycles. The molecule has 0 amide bonds. The lowest BCUT2D eigenvalue weighted by molar-refractivity contribution is 0.0696. The van der Waals surface area contributed by atoms with Crippen molar-refractivity contribution in [3.63, 3.8) is 0 Å². The van der Waals surface area contributed by atoms with Crippen LogP contribution >= 0.6 is 34.5 Å². The molecule has 0 radical (unpaired) electrons. The molecule has 0 fully saturated rings. The van der Waals surface area contributed by atoms with E-state index in [1.165, 1.54) is 0 Å². The Kier molecular flexibility index (Phi) is 4.06. The zero-order chi connectivity index (χ0) is 13.1. The van der Waals surface area contributed by atoms with Gasteiger partial charge in [-0.2, -0.15) is 0 Å². The van der Waals surface area contributed by atoms with E-state index < -0.39 is 5.97 Å². The van der Waals surface area contributed by atoms with Crippen LogP contribution in [0.2, 0.25) is 10.0 Å². The second kappa shape index (κ2) is 5.56. The molecule has 0 saturated carbocycles. The summed E-state index contributed by atoms with van der Waals surface area (Å²) in [6.45, 7) is 0.118. The molecule has 1 aromatic carbocycles. The summed E-state index contributed by atoms with van der Waals surface area (Å²) in [5.74, 6) is -0.687. The molecule has 4 nitrogen and oxygen atoms in total. The minimum absolute atomic E-state index is 0.0267. The van der Waals surface area contributed by atoms with Gasteiger partial charge in [-0.15, -0.1) is 11.3 Å². The van der Waals surface area contributed by atoms with Crippen molar-refractivity contribution in [1.29, 1.82) is 0 Å². The lowest BCUT2D eigenvalue weighted by Gasteiger charge is -2.07. The minimum atomic E-state index is -1.05. The van der Waals surface area contributed by atoms with Gasteiger partial charge in [-0.05, 0) is 12.1 Å². The Morgan fingerprint density at radius 2 is 2.06 bits per heavy atom. The van der Waals surface area contributed by atoms with Crippen molar-refractivity contribution in [1.82, 2.24) is 4.98 Å². The molecule has 18 heavy (non-hydrogen) atoms. The number of rotatable bonds is 4. The highest BCUT2D eigenvalue weighted by atomic mass is 35.5. The Labute approximate surface area is 117 Å². The third-order valence-corrected chi connectivity index (χ3v) is 3.49. The van der Waals surface area contributed by atoms with Crippen LogP contribution in [-0.4, -0.2) is 16.1 Å². The predicted molar refractivity (Wildman–Crippen MR) is 69.9 cm³/mol. The molecule has 2 rings (SSSR count). The molecule has 0 atom stereocenters. The quantitative estimate of drug-likeness (QED) is 0.935. The van der Waals surface area contributed by atoms with Crippen LogP contribution < -0.4 is 4.74 Å². The summed E-state index contributed by atoms with van der Waals surface area (Å²) in [5, 5.41) is 11.2. The minimum Gasteiger partial charge on any atom is -0.484 e. The number of hydrogen-bond donors (Lipinski definition) is 1. The maximum Gasteiger partial charge on any atom is 0.365 e. The van der Waals surface area contributed by atoms with E-state index in [2.05, 4.69) is 4.98 Å². The normalized spacial score (nSPS) is 10.3. The van der Waals surface area contributed by atoms with Gasteiger partial charge >= 0.3 is 5.97 Å². The van der Waals surface area contributed by atoms with Crippen molar-refractivity contribution in [2.45, 2.75) is 6.61 Å². The molecule has 1 aromatic heterocycles. The SMILES string of the molecule is O=C(O)c1nc(COc2c(Cl)cccc2Cl)cs1. The van der Waals surface area contributed by atoms with Crippen molar-refractivity contribution >= 4 is 40.5 Å². The van der Waals surface area contributed by atoms with Crippen molar-refractivity contribution in [3.8, 4) is 5.75 Å². The fourth-order valence-corrected chi connectivity index (χ4v) is 2.38. The van der Waals surface area contributed by atoms with Crippen LogP contribution in [0.4, 0.5) is 0 Å². The molecule has 2 aromatic rings. The first-order valence-corrected chi connectivity index (χ1v) is 6.46. The first kappa shape index (κ1) is 13.1. The average Bonchev–Trinajstić information content (AvgIpc) is 2.77. The molecule has 0 unspecified atom stereocenters. The predicted octanol–water partition coefficient (Wildman–Crippen LogP) is 3.73. The van der Waals surface area contributed by atoms with Gasteiger partial charge in [0.05, 0.1) is 15.7 Å². The fraction of sp³-hybridized carbons (Fsp3) is 0.0909. The summed E-state index contributed by atoms with van der Waals surface area (Å²) in [4.78, 5) is 14.6. The Bertz CT molecular complexity index is 565. The van der Waals surface area contributed by atoms with Crippen LogP contribution in [0, 0.1) is 0 Å². The van der Waals surface area contributed by atoms with Crippen LogP contribution in [0.15, 0.2) is 23.6 Å². The molecule has 7 heteroatoms. The Hall–Kier alpha value is -1.30. The molecule has 94 valence electrons. The monoisotopic (exact) mass is 303 g/mol. The maximum absolute atomic E-state index is 10.7. The summed E-state index contributed by atoms with van der Waals surface area (Å²) in [6.07, 6.45) is 0. The summed E-state index contributed by atoms with van der Waals surface area (Å²) in [6, 6.07) is 5.03. The Balaban J connectivity index is 2.09. The number of halogens is 2. The highest BCUT2D eigenvalue weighted by Gasteiger charge is 2.11. The summed E-state index contributed by atoms with van der Waals surface area (Å²) in [7, 11) is 0. The number of nitrogens with zero attached hydrogens (tertiary/aromatic N) is 1. The second-order valence-electron chi connectivity index (χ2n) is 3.29. The first-order chi connectivity index (χ1) is 8.58. The second-order valence-corrected chi connectivity index (χ2v) is 4.96. The molecule has 1 N–H and O–H groups in total. The van der Waals surface area contributed by atoms with E-state index in [4.69, 9.17) is 33.0 Å².